The monoisotopic (exact) mass is 570 g/mol. The highest BCUT2D eigenvalue weighted by molar-refractivity contribution is 7.91. The molecule has 2 aliphatic rings. The van der Waals surface area contributed by atoms with Gasteiger partial charge in [-0.3, -0.25) is 4.79 Å². The van der Waals surface area contributed by atoms with Crippen LogP contribution in [0.3, 0.4) is 0 Å². The Hall–Kier alpha value is -2.82. The van der Waals surface area contributed by atoms with Crippen molar-refractivity contribution >= 4 is 32.2 Å². The van der Waals surface area contributed by atoms with Gasteiger partial charge in [0.2, 0.25) is 5.91 Å². The Kier molecular flexibility index (Phi) is 8.35. The maximum atomic E-state index is 14.1. The van der Waals surface area contributed by atoms with Gasteiger partial charge in [0.25, 0.3) is 0 Å². The molecule has 39 heavy (non-hydrogen) atoms. The standard InChI is InChI=1S/C29H35FN4O3S2/c30-25-10-3-2-7-21(25)18-24(31)19-27(35)33-29(11-15-39(36,37)16-12-29)23-9-6-8-22(17-23)26-20-32-28(38-26)34-13-4-1-5-14-34/h2-3,6-10,17,20,24H,1,4-5,11-16,18-19,31H2,(H,33,35)/t24-/m1/s1. The van der Waals surface area contributed by atoms with Crippen molar-refractivity contribution in [2.75, 3.05) is 29.5 Å². The average Bonchev–Trinajstić information content (AvgIpc) is 3.43. The molecule has 0 unspecified atom stereocenters. The first-order chi connectivity index (χ1) is 18.7. The number of carbonyl (C=O) groups is 1. The van der Waals surface area contributed by atoms with Crippen molar-refractivity contribution in [2.45, 2.75) is 56.5 Å². The zero-order valence-corrected chi connectivity index (χ0v) is 23.6. The van der Waals surface area contributed by atoms with Crippen LogP contribution in [-0.4, -0.2) is 49.9 Å². The Bertz CT molecular complexity index is 1410. The van der Waals surface area contributed by atoms with Crippen LogP contribution in [0.15, 0.2) is 54.7 Å². The molecule has 3 N–H and O–H groups in total. The van der Waals surface area contributed by atoms with E-state index in [1.54, 1.807) is 29.5 Å². The maximum absolute atomic E-state index is 14.1. The summed E-state index contributed by atoms with van der Waals surface area (Å²) in [6, 6.07) is 13.8. The minimum absolute atomic E-state index is 0.00153. The quantitative estimate of drug-likeness (QED) is 0.416. The molecule has 2 saturated heterocycles. The number of anilines is 1. The van der Waals surface area contributed by atoms with Gasteiger partial charge in [0.05, 0.1) is 21.9 Å². The molecule has 1 atom stereocenters. The zero-order valence-electron chi connectivity index (χ0n) is 21.9. The van der Waals surface area contributed by atoms with E-state index in [1.165, 1.54) is 25.3 Å². The van der Waals surface area contributed by atoms with E-state index in [1.807, 2.05) is 30.5 Å². The molecule has 2 aromatic carbocycles. The number of amides is 1. The molecule has 3 heterocycles. The third kappa shape index (κ3) is 6.67. The second-order valence-corrected chi connectivity index (χ2v) is 14.0. The Balaban J connectivity index is 1.35. The third-order valence-electron chi connectivity index (χ3n) is 7.77. The number of nitrogens with zero attached hydrogens (tertiary/aromatic N) is 2. The van der Waals surface area contributed by atoms with Gasteiger partial charge in [-0.1, -0.05) is 47.7 Å². The summed E-state index contributed by atoms with van der Waals surface area (Å²) in [5, 5.41) is 4.17. The largest absolute Gasteiger partial charge is 0.348 e. The zero-order chi connectivity index (χ0) is 27.5. The van der Waals surface area contributed by atoms with Gasteiger partial charge in [-0.15, -0.1) is 0 Å². The topological polar surface area (TPSA) is 105 Å². The van der Waals surface area contributed by atoms with E-state index in [0.29, 0.717) is 5.56 Å². The number of halogens is 1. The first kappa shape index (κ1) is 27.7. The predicted molar refractivity (Wildman–Crippen MR) is 154 cm³/mol. The molecule has 208 valence electrons. The molecule has 5 rings (SSSR count). The Morgan fingerprint density at radius 3 is 2.59 bits per heavy atom. The third-order valence-corrected chi connectivity index (χ3v) is 10.5. The second-order valence-electron chi connectivity index (χ2n) is 10.7. The summed E-state index contributed by atoms with van der Waals surface area (Å²) < 4.78 is 38.7. The van der Waals surface area contributed by atoms with Crippen LogP contribution in [0.25, 0.3) is 10.4 Å². The number of piperidine rings is 1. The van der Waals surface area contributed by atoms with Crippen LogP contribution in [0.2, 0.25) is 0 Å². The number of rotatable bonds is 8. The molecule has 0 saturated carbocycles. The summed E-state index contributed by atoms with van der Waals surface area (Å²) in [6.45, 7) is 2.05. The van der Waals surface area contributed by atoms with E-state index in [9.17, 15) is 17.6 Å². The first-order valence-electron chi connectivity index (χ1n) is 13.6. The van der Waals surface area contributed by atoms with Crippen molar-refractivity contribution in [3.63, 3.8) is 0 Å². The number of nitrogens with one attached hydrogen (secondary N) is 1. The molecule has 2 fully saturated rings. The van der Waals surface area contributed by atoms with Crippen LogP contribution < -0.4 is 16.0 Å². The van der Waals surface area contributed by atoms with Crippen LogP contribution in [0, 0.1) is 5.82 Å². The highest BCUT2D eigenvalue weighted by Crippen LogP contribution is 2.38. The number of aromatic nitrogens is 1. The highest BCUT2D eigenvalue weighted by atomic mass is 32.2. The molecule has 10 heteroatoms. The lowest BCUT2D eigenvalue weighted by Gasteiger charge is -2.39. The summed E-state index contributed by atoms with van der Waals surface area (Å²) in [5.41, 5.74) is 7.75. The highest BCUT2D eigenvalue weighted by Gasteiger charge is 2.40. The number of hydrogen-bond donors (Lipinski definition) is 2. The number of carbonyl (C=O) groups excluding carboxylic acids is 1. The van der Waals surface area contributed by atoms with Gasteiger partial charge in [0, 0.05) is 31.7 Å². The van der Waals surface area contributed by atoms with E-state index in [-0.39, 0.29) is 48.9 Å². The molecule has 1 aromatic heterocycles. The minimum Gasteiger partial charge on any atom is -0.348 e. The lowest BCUT2D eigenvalue weighted by Crippen LogP contribution is -2.51. The van der Waals surface area contributed by atoms with Gasteiger partial charge in [0.15, 0.2) is 15.0 Å². The van der Waals surface area contributed by atoms with E-state index in [2.05, 4.69) is 15.2 Å². The summed E-state index contributed by atoms with van der Waals surface area (Å²) >= 11 is 1.66. The lowest BCUT2D eigenvalue weighted by atomic mass is 9.83. The van der Waals surface area contributed by atoms with Crippen LogP contribution >= 0.6 is 11.3 Å². The Labute approximate surface area is 233 Å². The predicted octanol–water partition coefficient (Wildman–Crippen LogP) is 4.42. The normalized spacial score (nSPS) is 19.4. The molecule has 1 amide bonds. The van der Waals surface area contributed by atoms with Crippen molar-refractivity contribution in [3.05, 3.63) is 71.7 Å². The van der Waals surface area contributed by atoms with Crippen LogP contribution in [-0.2, 0) is 26.6 Å². The fourth-order valence-electron chi connectivity index (χ4n) is 5.55. The Morgan fingerprint density at radius 1 is 1.10 bits per heavy atom. The SMILES string of the molecule is N[C@@H](CC(=O)NC1(c2cccc(-c3cnc(N4CCCCC4)s3)c2)CCS(=O)(=O)CC1)Cc1ccccc1F. The van der Waals surface area contributed by atoms with Gasteiger partial charge in [0.1, 0.15) is 5.82 Å². The van der Waals surface area contributed by atoms with E-state index >= 15 is 0 Å². The second kappa shape index (κ2) is 11.7. The summed E-state index contributed by atoms with van der Waals surface area (Å²) in [6.07, 6.45) is 6.33. The smallest absolute Gasteiger partial charge is 0.222 e. The van der Waals surface area contributed by atoms with Crippen LogP contribution in [0.4, 0.5) is 9.52 Å². The molecular formula is C29H35FN4O3S2. The van der Waals surface area contributed by atoms with Gasteiger partial charge in [-0.25, -0.2) is 17.8 Å². The molecule has 0 aliphatic carbocycles. The maximum Gasteiger partial charge on any atom is 0.222 e. The molecule has 0 spiro atoms. The summed E-state index contributed by atoms with van der Waals surface area (Å²) in [5.74, 6) is -0.615. The fourth-order valence-corrected chi connectivity index (χ4v) is 8.03. The van der Waals surface area contributed by atoms with Gasteiger partial charge < -0.3 is 16.0 Å². The van der Waals surface area contributed by atoms with Gasteiger partial charge in [-0.2, -0.15) is 0 Å². The number of benzene rings is 2. The van der Waals surface area contributed by atoms with E-state index in [0.717, 1.165) is 34.2 Å². The number of hydrogen-bond acceptors (Lipinski definition) is 7. The first-order valence-corrected chi connectivity index (χ1v) is 16.2. The fraction of sp³-hybridized carbons (Fsp3) is 0.448. The van der Waals surface area contributed by atoms with Gasteiger partial charge in [-0.05, 0) is 67.3 Å². The molecule has 2 aliphatic heterocycles. The van der Waals surface area contributed by atoms with Crippen molar-refractivity contribution in [3.8, 4) is 10.4 Å². The molecule has 0 radical (unpaired) electrons. The Morgan fingerprint density at radius 2 is 1.85 bits per heavy atom. The van der Waals surface area contributed by atoms with Crippen molar-refractivity contribution in [1.82, 2.24) is 10.3 Å². The molecule has 0 bridgehead atoms. The van der Waals surface area contributed by atoms with Crippen LogP contribution in [0.5, 0.6) is 0 Å². The lowest BCUT2D eigenvalue weighted by molar-refractivity contribution is -0.123. The van der Waals surface area contributed by atoms with Crippen molar-refractivity contribution < 1.29 is 17.6 Å². The summed E-state index contributed by atoms with van der Waals surface area (Å²) in [4.78, 5) is 21.3. The molecule has 3 aromatic rings. The number of thiazole rings is 1. The van der Waals surface area contributed by atoms with Crippen molar-refractivity contribution in [1.29, 1.82) is 0 Å². The molecule has 7 nitrogen and oxygen atoms in total. The van der Waals surface area contributed by atoms with Crippen molar-refractivity contribution in [2.24, 2.45) is 5.73 Å². The van der Waals surface area contributed by atoms with E-state index < -0.39 is 21.4 Å². The summed E-state index contributed by atoms with van der Waals surface area (Å²) in [7, 11) is -3.17. The minimum atomic E-state index is -3.17. The number of sulfone groups is 1. The van der Waals surface area contributed by atoms with E-state index in [4.69, 9.17) is 5.73 Å². The van der Waals surface area contributed by atoms with Crippen LogP contribution in [0.1, 0.15) is 49.7 Å². The number of nitrogens with two attached hydrogens (primary N) is 1. The average molecular weight is 571 g/mol. The van der Waals surface area contributed by atoms with Gasteiger partial charge >= 0.3 is 0 Å². The molecular weight excluding hydrogens is 535 g/mol.